The van der Waals surface area contributed by atoms with Crippen molar-refractivity contribution >= 4 is 23.6 Å². The molecular formula is C13H21N3O2S. The summed E-state index contributed by atoms with van der Waals surface area (Å²) in [5, 5.41) is 3.22. The number of carbonyl (C=O) groups excluding carboxylic acids is 2. The van der Waals surface area contributed by atoms with Crippen LogP contribution >= 0.6 is 11.8 Å². The number of amides is 2. The average Bonchev–Trinajstić information content (AvgIpc) is 2.90. The Hall–Kier alpha value is -0.750. The van der Waals surface area contributed by atoms with E-state index < -0.39 is 0 Å². The first-order chi connectivity index (χ1) is 9.25. The normalized spacial score (nSPS) is 28.3. The van der Waals surface area contributed by atoms with E-state index in [-0.39, 0.29) is 17.9 Å². The molecule has 6 heteroatoms. The highest BCUT2D eigenvalue weighted by atomic mass is 32.2. The summed E-state index contributed by atoms with van der Waals surface area (Å²) in [5.41, 5.74) is 0. The third-order valence-corrected chi connectivity index (χ3v) is 5.31. The Morgan fingerprint density at radius 3 is 2.11 bits per heavy atom. The van der Waals surface area contributed by atoms with Gasteiger partial charge in [-0.2, -0.15) is 0 Å². The van der Waals surface area contributed by atoms with E-state index in [0.29, 0.717) is 32.1 Å². The van der Waals surface area contributed by atoms with E-state index in [1.807, 2.05) is 9.80 Å². The average molecular weight is 283 g/mol. The van der Waals surface area contributed by atoms with Crippen molar-refractivity contribution in [1.29, 1.82) is 0 Å². The van der Waals surface area contributed by atoms with Crippen LogP contribution in [0.2, 0.25) is 0 Å². The molecule has 1 atom stereocenters. The molecule has 2 aliphatic heterocycles. The van der Waals surface area contributed by atoms with Gasteiger partial charge in [0.05, 0.1) is 6.04 Å². The van der Waals surface area contributed by atoms with Crippen molar-refractivity contribution in [2.45, 2.75) is 25.3 Å². The molecule has 1 saturated carbocycles. The zero-order valence-corrected chi connectivity index (χ0v) is 12.0. The Kier molecular flexibility index (Phi) is 3.98. The van der Waals surface area contributed by atoms with Crippen molar-refractivity contribution in [1.82, 2.24) is 15.1 Å². The number of rotatable bonds is 2. The highest BCUT2D eigenvalue weighted by Crippen LogP contribution is 2.28. The van der Waals surface area contributed by atoms with Crippen LogP contribution in [-0.2, 0) is 9.59 Å². The minimum Gasteiger partial charge on any atom is -0.339 e. The summed E-state index contributed by atoms with van der Waals surface area (Å²) >= 11 is 1.77. The highest BCUT2D eigenvalue weighted by molar-refractivity contribution is 7.99. The summed E-state index contributed by atoms with van der Waals surface area (Å²) in [5.74, 6) is 2.54. The Bertz CT molecular complexity index is 359. The number of hydrogen-bond acceptors (Lipinski definition) is 4. The van der Waals surface area contributed by atoms with Gasteiger partial charge in [-0.15, -0.1) is 11.8 Å². The van der Waals surface area contributed by atoms with Gasteiger partial charge in [0.2, 0.25) is 11.8 Å². The molecule has 1 N–H and O–H groups in total. The Morgan fingerprint density at radius 1 is 1.00 bits per heavy atom. The van der Waals surface area contributed by atoms with Gasteiger partial charge < -0.3 is 9.80 Å². The van der Waals surface area contributed by atoms with Crippen molar-refractivity contribution < 1.29 is 9.59 Å². The van der Waals surface area contributed by atoms with Crippen molar-refractivity contribution in [3.8, 4) is 0 Å². The first-order valence-electron chi connectivity index (χ1n) is 7.14. The maximum atomic E-state index is 12.2. The monoisotopic (exact) mass is 283 g/mol. The summed E-state index contributed by atoms with van der Waals surface area (Å²) in [4.78, 5) is 28.2. The second-order valence-electron chi connectivity index (χ2n) is 5.55. The molecule has 0 aromatic heterocycles. The molecule has 2 saturated heterocycles. The van der Waals surface area contributed by atoms with E-state index in [9.17, 15) is 9.59 Å². The van der Waals surface area contributed by atoms with Crippen molar-refractivity contribution in [3.63, 3.8) is 0 Å². The SMILES string of the molecule is O=C(C1CCC1)N1CCN(C(=O)C2CSCN2)CC1. The van der Waals surface area contributed by atoms with Gasteiger partial charge in [0.25, 0.3) is 0 Å². The van der Waals surface area contributed by atoms with Crippen LogP contribution in [0.3, 0.4) is 0 Å². The van der Waals surface area contributed by atoms with E-state index in [0.717, 1.165) is 24.5 Å². The molecule has 3 rings (SSSR count). The molecule has 0 spiro atoms. The van der Waals surface area contributed by atoms with Crippen LogP contribution in [0.15, 0.2) is 0 Å². The van der Waals surface area contributed by atoms with E-state index >= 15 is 0 Å². The van der Waals surface area contributed by atoms with E-state index in [4.69, 9.17) is 0 Å². The summed E-state index contributed by atoms with van der Waals surface area (Å²) in [6.45, 7) is 2.81. The van der Waals surface area contributed by atoms with Crippen LogP contribution in [0.25, 0.3) is 0 Å². The second-order valence-corrected chi connectivity index (χ2v) is 6.58. The molecule has 19 heavy (non-hydrogen) atoms. The number of thioether (sulfide) groups is 1. The fourth-order valence-corrected chi connectivity index (χ4v) is 3.77. The number of piperazine rings is 1. The first-order valence-corrected chi connectivity index (χ1v) is 8.30. The van der Waals surface area contributed by atoms with Gasteiger partial charge in [-0.05, 0) is 12.8 Å². The Labute approximate surface area is 118 Å². The molecular weight excluding hydrogens is 262 g/mol. The first kappa shape index (κ1) is 13.2. The number of nitrogens with zero attached hydrogens (tertiary/aromatic N) is 2. The van der Waals surface area contributed by atoms with E-state index in [2.05, 4.69) is 5.32 Å². The van der Waals surface area contributed by atoms with Crippen LogP contribution in [0, 0.1) is 5.92 Å². The maximum absolute atomic E-state index is 12.2. The maximum Gasteiger partial charge on any atom is 0.240 e. The van der Waals surface area contributed by atoms with Gasteiger partial charge in [0.1, 0.15) is 0 Å². The molecule has 2 heterocycles. The molecule has 106 valence electrons. The van der Waals surface area contributed by atoms with Crippen LogP contribution < -0.4 is 5.32 Å². The van der Waals surface area contributed by atoms with Crippen molar-refractivity contribution in [3.05, 3.63) is 0 Å². The minimum absolute atomic E-state index is 0.0149. The Morgan fingerprint density at radius 2 is 1.63 bits per heavy atom. The second kappa shape index (κ2) is 5.71. The molecule has 0 aromatic rings. The molecule has 0 bridgehead atoms. The van der Waals surface area contributed by atoms with Crippen LogP contribution in [0.4, 0.5) is 0 Å². The Balaban J connectivity index is 1.48. The zero-order valence-electron chi connectivity index (χ0n) is 11.1. The zero-order chi connectivity index (χ0) is 13.2. The van der Waals surface area contributed by atoms with Crippen LogP contribution in [0.5, 0.6) is 0 Å². The smallest absolute Gasteiger partial charge is 0.240 e. The summed E-state index contributed by atoms with van der Waals surface area (Å²) in [7, 11) is 0. The molecule has 1 unspecified atom stereocenters. The number of nitrogens with one attached hydrogen (secondary N) is 1. The van der Waals surface area contributed by atoms with Crippen LogP contribution in [0.1, 0.15) is 19.3 Å². The van der Waals surface area contributed by atoms with Crippen LogP contribution in [-0.4, -0.2) is 65.5 Å². The molecule has 5 nitrogen and oxygen atoms in total. The van der Waals surface area contributed by atoms with E-state index in [1.165, 1.54) is 6.42 Å². The quantitative estimate of drug-likeness (QED) is 0.782. The van der Waals surface area contributed by atoms with Gasteiger partial charge in [0.15, 0.2) is 0 Å². The third kappa shape index (κ3) is 2.74. The fraction of sp³-hybridized carbons (Fsp3) is 0.846. The lowest BCUT2D eigenvalue weighted by Crippen LogP contribution is -2.55. The lowest BCUT2D eigenvalue weighted by Gasteiger charge is -2.38. The topological polar surface area (TPSA) is 52.7 Å². The van der Waals surface area contributed by atoms with Crippen molar-refractivity contribution in [2.75, 3.05) is 37.8 Å². The van der Waals surface area contributed by atoms with Gasteiger partial charge in [0, 0.05) is 43.7 Å². The van der Waals surface area contributed by atoms with Gasteiger partial charge >= 0.3 is 0 Å². The summed E-state index contributed by atoms with van der Waals surface area (Å²) in [6, 6.07) is -0.0149. The number of hydrogen-bond donors (Lipinski definition) is 1. The van der Waals surface area contributed by atoms with Gasteiger partial charge in [-0.25, -0.2) is 0 Å². The van der Waals surface area contributed by atoms with Gasteiger partial charge in [-0.3, -0.25) is 14.9 Å². The standard InChI is InChI=1S/C13H21N3O2S/c17-12(10-2-1-3-10)15-4-6-16(7-5-15)13(18)11-8-19-9-14-11/h10-11,14H,1-9H2. The molecule has 3 fully saturated rings. The lowest BCUT2D eigenvalue weighted by atomic mass is 9.84. The lowest BCUT2D eigenvalue weighted by molar-refractivity contribution is -0.144. The molecule has 2 amide bonds. The van der Waals surface area contributed by atoms with Gasteiger partial charge in [-0.1, -0.05) is 6.42 Å². The third-order valence-electron chi connectivity index (χ3n) is 4.37. The van der Waals surface area contributed by atoms with E-state index in [1.54, 1.807) is 11.8 Å². The fourth-order valence-electron chi connectivity index (χ4n) is 2.83. The van der Waals surface area contributed by atoms with Crippen molar-refractivity contribution in [2.24, 2.45) is 5.92 Å². The summed E-state index contributed by atoms with van der Waals surface area (Å²) in [6.07, 6.45) is 3.31. The summed E-state index contributed by atoms with van der Waals surface area (Å²) < 4.78 is 0. The molecule has 3 aliphatic rings. The minimum atomic E-state index is -0.0149. The predicted molar refractivity (Wildman–Crippen MR) is 74.7 cm³/mol. The predicted octanol–water partition coefficient (Wildman–Crippen LogP) is 0.120. The molecule has 0 aromatic carbocycles. The highest BCUT2D eigenvalue weighted by Gasteiger charge is 2.34. The molecule has 0 radical (unpaired) electrons. The number of carbonyl (C=O) groups is 2. The molecule has 1 aliphatic carbocycles. The largest absolute Gasteiger partial charge is 0.339 e.